The van der Waals surface area contributed by atoms with Gasteiger partial charge in [-0.15, -0.1) is 0 Å². The van der Waals surface area contributed by atoms with E-state index in [0.717, 1.165) is 29.2 Å². The Kier molecular flexibility index (Phi) is 4.78. The van der Waals surface area contributed by atoms with Gasteiger partial charge in [0.15, 0.2) is 11.5 Å². The van der Waals surface area contributed by atoms with Crippen LogP contribution in [0, 0.1) is 5.92 Å². The first-order valence-electron chi connectivity index (χ1n) is 8.90. The first-order chi connectivity index (χ1) is 13.2. The highest BCUT2D eigenvalue weighted by molar-refractivity contribution is 5.94. The van der Waals surface area contributed by atoms with Crippen LogP contribution in [0.3, 0.4) is 0 Å². The minimum Gasteiger partial charge on any atom is -0.493 e. The Morgan fingerprint density at radius 2 is 2.15 bits per heavy atom. The number of aromatic nitrogens is 2. The van der Waals surface area contributed by atoms with E-state index in [0.29, 0.717) is 18.7 Å². The lowest BCUT2D eigenvalue weighted by atomic mass is 9.96. The van der Waals surface area contributed by atoms with Crippen LogP contribution in [0.5, 0.6) is 11.5 Å². The highest BCUT2D eigenvalue weighted by atomic mass is 16.5. The number of carbonyl (C=O) groups is 1. The van der Waals surface area contributed by atoms with Gasteiger partial charge in [-0.3, -0.25) is 4.79 Å². The number of ether oxygens (including phenoxy) is 2. The maximum absolute atomic E-state index is 12.4. The maximum Gasteiger partial charge on any atom is 0.251 e. The Bertz CT molecular complexity index is 920. The number of nitrogens with zero attached hydrogens (tertiary/aromatic N) is 2. The summed E-state index contributed by atoms with van der Waals surface area (Å²) in [5.74, 6) is 1.73. The van der Waals surface area contributed by atoms with E-state index >= 15 is 0 Å². The van der Waals surface area contributed by atoms with Crippen molar-refractivity contribution in [3.63, 3.8) is 0 Å². The zero-order valence-corrected chi connectivity index (χ0v) is 15.1. The summed E-state index contributed by atoms with van der Waals surface area (Å²) in [5, 5.41) is 3.01. The van der Waals surface area contributed by atoms with E-state index in [4.69, 9.17) is 9.47 Å². The number of hydrogen-bond acceptors (Lipinski definition) is 4. The van der Waals surface area contributed by atoms with Crippen molar-refractivity contribution in [2.24, 2.45) is 5.92 Å². The van der Waals surface area contributed by atoms with Crippen molar-refractivity contribution in [2.45, 2.75) is 6.42 Å². The van der Waals surface area contributed by atoms with Gasteiger partial charge < -0.3 is 19.4 Å². The van der Waals surface area contributed by atoms with Crippen LogP contribution in [-0.2, 0) is 6.42 Å². The topological polar surface area (TPSA) is 65.4 Å². The molecule has 6 heteroatoms. The molecule has 2 heterocycles. The highest BCUT2D eigenvalue weighted by Gasteiger charge is 2.23. The molecule has 2 aromatic carbocycles. The smallest absolute Gasteiger partial charge is 0.251 e. The summed E-state index contributed by atoms with van der Waals surface area (Å²) in [6.07, 6.45) is 6.17. The Balaban J connectivity index is 1.35. The van der Waals surface area contributed by atoms with E-state index in [9.17, 15) is 4.79 Å². The predicted octanol–water partition coefficient (Wildman–Crippen LogP) is 2.86. The van der Waals surface area contributed by atoms with Crippen LogP contribution in [-0.4, -0.2) is 35.7 Å². The third-order valence-corrected chi connectivity index (χ3v) is 4.74. The van der Waals surface area contributed by atoms with E-state index < -0.39 is 0 Å². The third kappa shape index (κ3) is 3.65. The van der Waals surface area contributed by atoms with Crippen LogP contribution >= 0.6 is 0 Å². The van der Waals surface area contributed by atoms with Crippen molar-refractivity contribution in [2.75, 3.05) is 20.3 Å². The second-order valence-corrected chi connectivity index (χ2v) is 6.56. The number of methoxy groups -OCH3 is 1. The largest absolute Gasteiger partial charge is 0.493 e. The standard InChI is InChI=1S/C21H21N3O3/c1-26-19-4-2-3-17-11-15(13-27-20(17)19)12-23-21(25)16-5-7-18(8-6-16)24-10-9-22-14-24/h2-10,14-15H,11-13H2,1H3,(H,23,25)/t15-/m0/s1. The lowest BCUT2D eigenvalue weighted by molar-refractivity contribution is 0.0938. The van der Waals surface area contributed by atoms with Gasteiger partial charge in [0.1, 0.15) is 0 Å². The van der Waals surface area contributed by atoms with Crippen molar-refractivity contribution in [1.29, 1.82) is 0 Å². The number of imidazole rings is 1. The van der Waals surface area contributed by atoms with Crippen molar-refractivity contribution in [1.82, 2.24) is 14.9 Å². The van der Waals surface area contributed by atoms with Crippen LogP contribution in [0.2, 0.25) is 0 Å². The van der Waals surface area contributed by atoms with Crippen molar-refractivity contribution >= 4 is 5.91 Å². The third-order valence-electron chi connectivity index (χ3n) is 4.74. The molecule has 0 fully saturated rings. The fourth-order valence-electron chi connectivity index (χ4n) is 3.28. The minimum absolute atomic E-state index is 0.0800. The number of amides is 1. The van der Waals surface area contributed by atoms with E-state index in [-0.39, 0.29) is 11.8 Å². The van der Waals surface area contributed by atoms with Gasteiger partial charge >= 0.3 is 0 Å². The molecule has 1 amide bonds. The average molecular weight is 363 g/mol. The molecule has 0 saturated heterocycles. The predicted molar refractivity (Wildman–Crippen MR) is 102 cm³/mol. The Morgan fingerprint density at radius 1 is 1.30 bits per heavy atom. The summed E-state index contributed by atoms with van der Waals surface area (Å²) in [6.45, 7) is 1.13. The summed E-state index contributed by atoms with van der Waals surface area (Å²) in [4.78, 5) is 16.5. The van der Waals surface area contributed by atoms with Gasteiger partial charge in [-0.1, -0.05) is 12.1 Å². The summed E-state index contributed by atoms with van der Waals surface area (Å²) in [7, 11) is 1.64. The molecule has 4 rings (SSSR count). The monoisotopic (exact) mass is 363 g/mol. The van der Waals surface area contributed by atoms with Gasteiger partial charge in [-0.2, -0.15) is 0 Å². The van der Waals surface area contributed by atoms with Crippen molar-refractivity contribution in [3.8, 4) is 17.2 Å². The molecule has 1 N–H and O–H groups in total. The SMILES string of the molecule is COc1cccc2c1OC[C@H](CNC(=O)c1ccc(-n3ccnc3)cc1)C2. The zero-order chi connectivity index (χ0) is 18.6. The number of para-hydroxylation sites is 1. The van der Waals surface area contributed by atoms with E-state index in [1.807, 2.05) is 53.2 Å². The quantitative estimate of drug-likeness (QED) is 0.757. The number of nitrogens with one attached hydrogen (secondary N) is 1. The van der Waals surface area contributed by atoms with Crippen LogP contribution < -0.4 is 14.8 Å². The van der Waals surface area contributed by atoms with Crippen LogP contribution in [0.25, 0.3) is 5.69 Å². The molecule has 1 atom stereocenters. The van der Waals surface area contributed by atoms with Crippen LogP contribution in [0.1, 0.15) is 15.9 Å². The molecule has 27 heavy (non-hydrogen) atoms. The van der Waals surface area contributed by atoms with E-state index in [1.54, 1.807) is 19.6 Å². The number of carbonyl (C=O) groups excluding carboxylic acids is 1. The van der Waals surface area contributed by atoms with Gasteiger partial charge in [0.2, 0.25) is 0 Å². The number of benzene rings is 2. The van der Waals surface area contributed by atoms with E-state index in [1.165, 1.54) is 0 Å². The number of hydrogen-bond donors (Lipinski definition) is 1. The molecule has 138 valence electrons. The Labute approximate surface area is 157 Å². The fraction of sp³-hybridized carbons (Fsp3) is 0.238. The van der Waals surface area contributed by atoms with Crippen LogP contribution in [0.15, 0.2) is 61.2 Å². The highest BCUT2D eigenvalue weighted by Crippen LogP contribution is 2.35. The molecule has 0 radical (unpaired) electrons. The lowest BCUT2D eigenvalue weighted by Gasteiger charge is -2.26. The summed E-state index contributed by atoms with van der Waals surface area (Å²) >= 11 is 0. The second kappa shape index (κ2) is 7.53. The molecule has 0 bridgehead atoms. The molecule has 3 aromatic rings. The Morgan fingerprint density at radius 3 is 2.89 bits per heavy atom. The molecule has 1 aliphatic heterocycles. The zero-order valence-electron chi connectivity index (χ0n) is 15.1. The molecular formula is C21H21N3O3. The molecule has 1 aromatic heterocycles. The normalized spacial score (nSPS) is 15.5. The molecule has 6 nitrogen and oxygen atoms in total. The van der Waals surface area contributed by atoms with E-state index in [2.05, 4.69) is 10.3 Å². The molecule has 0 unspecified atom stereocenters. The van der Waals surface area contributed by atoms with Crippen molar-refractivity contribution in [3.05, 3.63) is 72.3 Å². The molecular weight excluding hydrogens is 342 g/mol. The molecule has 0 saturated carbocycles. The first-order valence-corrected chi connectivity index (χ1v) is 8.90. The maximum atomic E-state index is 12.4. The summed E-state index contributed by atoms with van der Waals surface area (Å²) in [5.41, 5.74) is 2.72. The molecule has 0 spiro atoms. The van der Waals surface area contributed by atoms with Gasteiger partial charge in [0, 0.05) is 36.1 Å². The molecule has 0 aliphatic carbocycles. The van der Waals surface area contributed by atoms with Gasteiger partial charge in [-0.25, -0.2) is 4.98 Å². The van der Waals surface area contributed by atoms with Gasteiger partial charge in [0.05, 0.1) is 20.0 Å². The minimum atomic E-state index is -0.0800. The van der Waals surface area contributed by atoms with Crippen molar-refractivity contribution < 1.29 is 14.3 Å². The summed E-state index contributed by atoms with van der Waals surface area (Å²) in [6, 6.07) is 13.4. The molecule has 1 aliphatic rings. The first kappa shape index (κ1) is 17.1. The van der Waals surface area contributed by atoms with Gasteiger partial charge in [0.25, 0.3) is 5.91 Å². The number of rotatable bonds is 5. The van der Waals surface area contributed by atoms with Crippen LogP contribution in [0.4, 0.5) is 0 Å². The second-order valence-electron chi connectivity index (χ2n) is 6.56. The summed E-state index contributed by atoms with van der Waals surface area (Å²) < 4.78 is 13.1. The van der Waals surface area contributed by atoms with Gasteiger partial charge in [-0.05, 0) is 42.3 Å². The average Bonchev–Trinajstić information content (AvgIpc) is 3.26. The fourth-order valence-corrected chi connectivity index (χ4v) is 3.28. The Hall–Kier alpha value is -3.28. The lowest BCUT2D eigenvalue weighted by Crippen LogP contribution is -2.34. The number of fused-ring (bicyclic) bond motifs is 1.